The van der Waals surface area contributed by atoms with E-state index in [4.69, 9.17) is 9.84 Å². The zero-order valence-electron chi connectivity index (χ0n) is 16.4. The third kappa shape index (κ3) is 3.87. The molecule has 0 unspecified atom stereocenters. The van der Waals surface area contributed by atoms with Gasteiger partial charge in [0.1, 0.15) is 5.75 Å². The lowest BCUT2D eigenvalue weighted by Crippen LogP contribution is -2.38. The Hall–Kier alpha value is -2.30. The van der Waals surface area contributed by atoms with E-state index in [0.717, 1.165) is 18.5 Å². The highest BCUT2D eigenvalue weighted by atomic mass is 16.5. The van der Waals surface area contributed by atoms with Crippen molar-refractivity contribution in [3.05, 3.63) is 47.3 Å². The quantitative estimate of drug-likeness (QED) is 0.734. The van der Waals surface area contributed by atoms with Gasteiger partial charge in [0.25, 0.3) is 5.91 Å². The molecule has 2 saturated carbocycles. The molecular weight excluding hydrogens is 338 g/mol. The molecular formula is C22H29N3O2. The first-order valence-electron chi connectivity index (χ1n) is 10.2. The minimum absolute atomic E-state index is 0.0598. The third-order valence-corrected chi connectivity index (χ3v) is 5.74. The molecule has 2 aliphatic carbocycles. The third-order valence-electron chi connectivity index (χ3n) is 5.74. The summed E-state index contributed by atoms with van der Waals surface area (Å²) in [6.45, 7) is 3.08. The van der Waals surface area contributed by atoms with E-state index in [-0.39, 0.29) is 5.91 Å². The van der Waals surface area contributed by atoms with Gasteiger partial charge in [-0.3, -0.25) is 9.48 Å². The fourth-order valence-electron chi connectivity index (χ4n) is 4.22. The molecule has 0 N–H and O–H groups in total. The number of ether oxygens (including phenoxy) is 1. The summed E-state index contributed by atoms with van der Waals surface area (Å²) in [5.74, 6) is 1.39. The number of carbonyl (C=O) groups excluding carboxylic acids is 1. The van der Waals surface area contributed by atoms with Gasteiger partial charge in [-0.2, -0.15) is 5.10 Å². The zero-order valence-corrected chi connectivity index (χ0v) is 16.4. The van der Waals surface area contributed by atoms with Crippen molar-refractivity contribution >= 4 is 5.91 Å². The summed E-state index contributed by atoms with van der Waals surface area (Å²) in [7, 11) is 2.02. The van der Waals surface area contributed by atoms with E-state index in [9.17, 15) is 4.79 Å². The lowest BCUT2D eigenvalue weighted by atomic mass is 10.1. The smallest absolute Gasteiger partial charge is 0.258 e. The highest BCUT2D eigenvalue weighted by molar-refractivity contribution is 5.97. The van der Waals surface area contributed by atoms with E-state index in [0.29, 0.717) is 36.4 Å². The van der Waals surface area contributed by atoms with Crippen LogP contribution in [0.4, 0.5) is 0 Å². The Morgan fingerprint density at radius 1 is 1.22 bits per heavy atom. The van der Waals surface area contributed by atoms with Crippen LogP contribution in [0.2, 0.25) is 0 Å². The van der Waals surface area contributed by atoms with E-state index in [1.807, 2.05) is 47.8 Å². The topological polar surface area (TPSA) is 47.4 Å². The van der Waals surface area contributed by atoms with E-state index in [1.54, 1.807) is 0 Å². The average Bonchev–Trinajstić information content (AvgIpc) is 3.23. The number of para-hydroxylation sites is 1. The van der Waals surface area contributed by atoms with Gasteiger partial charge in [-0.1, -0.05) is 25.0 Å². The minimum Gasteiger partial charge on any atom is -0.493 e. The first kappa shape index (κ1) is 18.1. The van der Waals surface area contributed by atoms with E-state index in [1.165, 1.54) is 31.4 Å². The van der Waals surface area contributed by atoms with Crippen LogP contribution in [0, 0.1) is 0 Å². The Balaban J connectivity index is 1.61. The van der Waals surface area contributed by atoms with Gasteiger partial charge in [-0.05, 0) is 50.8 Å². The predicted molar refractivity (Wildman–Crippen MR) is 105 cm³/mol. The van der Waals surface area contributed by atoms with Gasteiger partial charge in [0, 0.05) is 24.7 Å². The fourth-order valence-corrected chi connectivity index (χ4v) is 4.22. The van der Waals surface area contributed by atoms with Crippen LogP contribution < -0.4 is 4.74 Å². The number of benzene rings is 1. The second kappa shape index (κ2) is 7.75. The summed E-state index contributed by atoms with van der Waals surface area (Å²) in [5, 5.41) is 4.71. The van der Waals surface area contributed by atoms with Gasteiger partial charge >= 0.3 is 0 Å². The number of aromatic nitrogens is 2. The highest BCUT2D eigenvalue weighted by Crippen LogP contribution is 2.40. The lowest BCUT2D eigenvalue weighted by Gasteiger charge is -2.29. The predicted octanol–water partition coefficient (Wildman–Crippen LogP) is 4.28. The summed E-state index contributed by atoms with van der Waals surface area (Å²) < 4.78 is 7.72. The summed E-state index contributed by atoms with van der Waals surface area (Å²) in [6.07, 6.45) is 7.04. The summed E-state index contributed by atoms with van der Waals surface area (Å²) in [6, 6.07) is 10.1. The van der Waals surface area contributed by atoms with Crippen LogP contribution in [-0.2, 0) is 13.6 Å². The van der Waals surface area contributed by atoms with Crippen LogP contribution in [0.3, 0.4) is 0 Å². The minimum atomic E-state index is 0.0598. The molecule has 4 rings (SSSR count). The Morgan fingerprint density at radius 2 is 1.96 bits per heavy atom. The molecule has 0 radical (unpaired) electrons. The van der Waals surface area contributed by atoms with E-state index < -0.39 is 0 Å². The number of rotatable bonds is 7. The standard InChI is InChI=1S/C22H29N3O2/c1-3-27-21-11-7-6-10-19(21)22(26)25(18-8-4-5-9-18)15-17-14-20(16-12-13-16)24(2)23-17/h6-7,10-11,14,16,18H,3-5,8-9,12-13,15H2,1-2H3. The molecule has 2 aliphatic rings. The molecule has 2 aromatic rings. The second-order valence-electron chi connectivity index (χ2n) is 7.76. The molecule has 5 heteroatoms. The number of carbonyl (C=O) groups is 1. The monoisotopic (exact) mass is 367 g/mol. The Kier molecular flexibility index (Phi) is 5.19. The molecule has 5 nitrogen and oxygen atoms in total. The van der Waals surface area contributed by atoms with Crippen LogP contribution in [0.1, 0.15) is 73.1 Å². The summed E-state index contributed by atoms with van der Waals surface area (Å²) >= 11 is 0. The molecule has 0 saturated heterocycles. The molecule has 0 spiro atoms. The molecule has 144 valence electrons. The summed E-state index contributed by atoms with van der Waals surface area (Å²) in [5.41, 5.74) is 2.96. The number of hydrogen-bond acceptors (Lipinski definition) is 3. The molecule has 1 aromatic heterocycles. The Morgan fingerprint density at radius 3 is 2.67 bits per heavy atom. The van der Waals surface area contributed by atoms with Crippen molar-refractivity contribution in [2.75, 3.05) is 6.61 Å². The van der Waals surface area contributed by atoms with E-state index >= 15 is 0 Å². The average molecular weight is 367 g/mol. The van der Waals surface area contributed by atoms with Crippen molar-refractivity contribution in [1.29, 1.82) is 0 Å². The lowest BCUT2D eigenvalue weighted by molar-refractivity contribution is 0.0657. The first-order valence-corrected chi connectivity index (χ1v) is 10.2. The largest absolute Gasteiger partial charge is 0.493 e. The SMILES string of the molecule is CCOc1ccccc1C(=O)N(Cc1cc(C2CC2)n(C)n1)C1CCCC1. The van der Waals surface area contributed by atoms with Gasteiger partial charge < -0.3 is 9.64 Å². The fraction of sp³-hybridized carbons (Fsp3) is 0.545. The molecule has 1 amide bonds. The molecule has 1 aromatic carbocycles. The van der Waals surface area contributed by atoms with Crippen LogP contribution in [0.25, 0.3) is 0 Å². The van der Waals surface area contributed by atoms with Gasteiger partial charge in [-0.25, -0.2) is 0 Å². The number of nitrogens with zero attached hydrogens (tertiary/aromatic N) is 3. The van der Waals surface area contributed by atoms with Crippen molar-refractivity contribution in [2.45, 2.75) is 64.0 Å². The maximum absolute atomic E-state index is 13.5. The van der Waals surface area contributed by atoms with Gasteiger partial charge in [0.15, 0.2) is 0 Å². The van der Waals surface area contributed by atoms with Crippen molar-refractivity contribution in [3.8, 4) is 5.75 Å². The maximum atomic E-state index is 13.5. The summed E-state index contributed by atoms with van der Waals surface area (Å²) in [4.78, 5) is 15.5. The molecule has 27 heavy (non-hydrogen) atoms. The Labute approximate surface area is 161 Å². The van der Waals surface area contributed by atoms with Crippen LogP contribution in [-0.4, -0.2) is 33.2 Å². The maximum Gasteiger partial charge on any atom is 0.258 e. The van der Waals surface area contributed by atoms with Gasteiger partial charge in [-0.15, -0.1) is 0 Å². The van der Waals surface area contributed by atoms with Gasteiger partial charge in [0.05, 0.1) is 24.4 Å². The van der Waals surface area contributed by atoms with Crippen molar-refractivity contribution in [2.24, 2.45) is 7.05 Å². The van der Waals surface area contributed by atoms with Crippen molar-refractivity contribution in [1.82, 2.24) is 14.7 Å². The number of aryl methyl sites for hydroxylation is 1. The normalized spacial score (nSPS) is 17.3. The number of hydrogen-bond donors (Lipinski definition) is 0. The molecule has 0 atom stereocenters. The Bertz CT molecular complexity index is 804. The van der Waals surface area contributed by atoms with Gasteiger partial charge in [0.2, 0.25) is 0 Å². The molecule has 0 bridgehead atoms. The first-order chi connectivity index (χ1) is 13.2. The molecule has 1 heterocycles. The number of amides is 1. The second-order valence-corrected chi connectivity index (χ2v) is 7.76. The van der Waals surface area contributed by atoms with Crippen LogP contribution >= 0.6 is 0 Å². The van der Waals surface area contributed by atoms with Crippen LogP contribution in [0.5, 0.6) is 5.75 Å². The van der Waals surface area contributed by atoms with Crippen molar-refractivity contribution < 1.29 is 9.53 Å². The molecule has 2 fully saturated rings. The van der Waals surface area contributed by atoms with Crippen molar-refractivity contribution in [3.63, 3.8) is 0 Å². The zero-order chi connectivity index (χ0) is 18.8. The highest BCUT2D eigenvalue weighted by Gasteiger charge is 2.31. The molecule has 0 aliphatic heterocycles. The van der Waals surface area contributed by atoms with E-state index in [2.05, 4.69) is 6.07 Å². The van der Waals surface area contributed by atoms with Crippen LogP contribution in [0.15, 0.2) is 30.3 Å².